The number of unbranched alkanes of at least 4 members (excludes halogenated alkanes) is 1. The number of nitrogen functional groups attached to an aromatic ring is 1. The molecule has 8 nitrogen and oxygen atoms in total. The van der Waals surface area contributed by atoms with E-state index >= 15 is 0 Å². The minimum Gasteiger partial charge on any atom is -0.466 e. The first-order valence-electron chi connectivity index (χ1n) is 9.68. The fourth-order valence-corrected chi connectivity index (χ4v) is 3.07. The highest BCUT2D eigenvalue weighted by Crippen LogP contribution is 2.23. The fraction of sp³-hybridized carbons (Fsp3) is 0.550. The Morgan fingerprint density at radius 2 is 2.00 bits per heavy atom. The lowest BCUT2D eigenvalue weighted by Crippen LogP contribution is -2.42. The summed E-state index contributed by atoms with van der Waals surface area (Å²) in [5.41, 5.74) is 5.39. The van der Waals surface area contributed by atoms with Gasteiger partial charge in [-0.2, -0.15) is 0 Å². The molecule has 154 valence electrons. The lowest BCUT2D eigenvalue weighted by Gasteiger charge is -2.25. The first-order chi connectivity index (χ1) is 13.2. The molecule has 0 aliphatic heterocycles. The molecule has 0 aliphatic rings. The van der Waals surface area contributed by atoms with Gasteiger partial charge in [-0.25, -0.2) is 4.79 Å². The number of furan rings is 1. The Bertz CT molecular complexity index is 952. The highest BCUT2D eigenvalue weighted by molar-refractivity contribution is 6.07. The molecular weight excluding hydrogens is 360 g/mol. The summed E-state index contributed by atoms with van der Waals surface area (Å²) in [6, 6.07) is 1.65. The molecule has 2 heterocycles. The van der Waals surface area contributed by atoms with Crippen LogP contribution in [0.25, 0.3) is 0 Å². The van der Waals surface area contributed by atoms with E-state index in [1.54, 1.807) is 19.9 Å². The quantitative estimate of drug-likeness (QED) is 0.719. The van der Waals surface area contributed by atoms with Crippen molar-refractivity contribution in [3.63, 3.8) is 0 Å². The van der Waals surface area contributed by atoms with E-state index in [1.165, 1.54) is 9.47 Å². The van der Waals surface area contributed by atoms with Crippen LogP contribution < -0.4 is 21.9 Å². The van der Waals surface area contributed by atoms with Crippen LogP contribution in [0, 0.1) is 19.8 Å². The summed E-state index contributed by atoms with van der Waals surface area (Å²) >= 11 is 0. The van der Waals surface area contributed by atoms with Gasteiger partial charge >= 0.3 is 5.69 Å². The van der Waals surface area contributed by atoms with Crippen molar-refractivity contribution in [3.8, 4) is 0 Å². The monoisotopic (exact) mass is 390 g/mol. The van der Waals surface area contributed by atoms with Crippen molar-refractivity contribution in [3.05, 3.63) is 44.0 Å². The van der Waals surface area contributed by atoms with Crippen molar-refractivity contribution >= 4 is 17.4 Å². The number of carbonyl (C=O) groups is 1. The number of hydrogen-bond donors (Lipinski definition) is 2. The third-order valence-electron chi connectivity index (χ3n) is 4.67. The van der Waals surface area contributed by atoms with Gasteiger partial charge in [0.15, 0.2) is 5.69 Å². The molecule has 2 rings (SSSR count). The van der Waals surface area contributed by atoms with Gasteiger partial charge in [0, 0.05) is 13.1 Å². The number of rotatable bonds is 8. The standard InChI is InChI=1S/C20H30N4O4/c1-6-7-9-24-17(21)16(18(25)22-20(24)27)23(10-8-12(2)3)19(26)15-11-13(4)28-14(15)5/h11-12H,6-10,21H2,1-5H3,(H,22,25,27). The zero-order chi connectivity index (χ0) is 21.0. The minimum atomic E-state index is -0.662. The molecule has 28 heavy (non-hydrogen) atoms. The summed E-state index contributed by atoms with van der Waals surface area (Å²) in [6.07, 6.45) is 2.27. The number of nitrogens with two attached hydrogens (primary N) is 1. The Balaban J connectivity index is 2.60. The molecule has 0 atom stereocenters. The molecule has 0 saturated heterocycles. The summed E-state index contributed by atoms with van der Waals surface area (Å²) in [5.74, 6) is 1.05. The van der Waals surface area contributed by atoms with Crippen LogP contribution in [-0.4, -0.2) is 22.0 Å². The Morgan fingerprint density at radius 3 is 2.54 bits per heavy atom. The number of carbonyl (C=O) groups excluding carboxylic acids is 1. The Morgan fingerprint density at radius 1 is 1.32 bits per heavy atom. The number of nitrogens with zero attached hydrogens (tertiary/aromatic N) is 2. The second-order valence-corrected chi connectivity index (χ2v) is 7.46. The SMILES string of the molecule is CCCCn1c(N)c(N(CCC(C)C)C(=O)c2cc(C)oc2C)c(=O)[nH]c1=O. The molecule has 0 aliphatic carbocycles. The maximum atomic E-state index is 13.3. The van der Waals surface area contributed by atoms with E-state index in [0.717, 1.165) is 12.8 Å². The topological polar surface area (TPSA) is 114 Å². The summed E-state index contributed by atoms with van der Waals surface area (Å²) < 4.78 is 6.81. The van der Waals surface area contributed by atoms with E-state index in [-0.39, 0.29) is 17.4 Å². The molecule has 0 fully saturated rings. The van der Waals surface area contributed by atoms with Crippen molar-refractivity contribution < 1.29 is 9.21 Å². The third kappa shape index (κ3) is 4.55. The van der Waals surface area contributed by atoms with Crippen LogP contribution in [0.15, 0.2) is 20.1 Å². The number of H-pyrrole nitrogens is 1. The lowest BCUT2D eigenvalue weighted by atomic mass is 10.1. The van der Waals surface area contributed by atoms with Gasteiger partial charge in [0.25, 0.3) is 11.5 Å². The Labute approximate surface area is 164 Å². The number of amides is 1. The molecule has 1 amide bonds. The average molecular weight is 390 g/mol. The van der Waals surface area contributed by atoms with E-state index in [1.807, 2.05) is 20.8 Å². The predicted octanol–water partition coefficient (Wildman–Crippen LogP) is 2.82. The van der Waals surface area contributed by atoms with E-state index < -0.39 is 11.2 Å². The normalized spacial score (nSPS) is 11.2. The lowest BCUT2D eigenvalue weighted by molar-refractivity contribution is 0.0984. The van der Waals surface area contributed by atoms with Gasteiger partial charge in [0.1, 0.15) is 17.3 Å². The van der Waals surface area contributed by atoms with Crippen molar-refractivity contribution in [1.29, 1.82) is 0 Å². The third-order valence-corrected chi connectivity index (χ3v) is 4.67. The van der Waals surface area contributed by atoms with Gasteiger partial charge in [-0.15, -0.1) is 0 Å². The molecule has 2 aromatic heterocycles. The Kier molecular flexibility index (Phi) is 6.88. The first kappa shape index (κ1) is 21.5. The average Bonchev–Trinajstić information content (AvgIpc) is 2.94. The predicted molar refractivity (Wildman–Crippen MR) is 110 cm³/mol. The highest BCUT2D eigenvalue weighted by Gasteiger charge is 2.27. The second-order valence-electron chi connectivity index (χ2n) is 7.46. The van der Waals surface area contributed by atoms with E-state index in [0.29, 0.717) is 42.5 Å². The molecular formula is C20H30N4O4. The van der Waals surface area contributed by atoms with Gasteiger partial charge < -0.3 is 15.1 Å². The minimum absolute atomic E-state index is 0.0113. The fourth-order valence-electron chi connectivity index (χ4n) is 3.07. The van der Waals surface area contributed by atoms with Crippen LogP contribution in [0.5, 0.6) is 0 Å². The van der Waals surface area contributed by atoms with Crippen molar-refractivity contribution in [2.45, 2.75) is 60.4 Å². The van der Waals surface area contributed by atoms with Crippen LogP contribution in [-0.2, 0) is 6.54 Å². The van der Waals surface area contributed by atoms with Gasteiger partial charge in [-0.1, -0.05) is 27.2 Å². The molecule has 0 aromatic carbocycles. The maximum absolute atomic E-state index is 13.3. The summed E-state index contributed by atoms with van der Waals surface area (Å²) in [4.78, 5) is 41.8. The maximum Gasteiger partial charge on any atom is 0.330 e. The zero-order valence-corrected chi connectivity index (χ0v) is 17.3. The molecule has 3 N–H and O–H groups in total. The summed E-state index contributed by atoms with van der Waals surface area (Å²) in [6.45, 7) is 10.2. The Hall–Kier alpha value is -2.77. The van der Waals surface area contributed by atoms with E-state index in [2.05, 4.69) is 4.98 Å². The van der Waals surface area contributed by atoms with Crippen molar-refractivity contribution in [2.75, 3.05) is 17.2 Å². The molecule has 0 saturated carbocycles. The van der Waals surface area contributed by atoms with Crippen molar-refractivity contribution in [1.82, 2.24) is 9.55 Å². The molecule has 0 spiro atoms. The number of aryl methyl sites for hydroxylation is 2. The van der Waals surface area contributed by atoms with Gasteiger partial charge in [0.05, 0.1) is 5.56 Å². The molecule has 2 aromatic rings. The van der Waals surface area contributed by atoms with Crippen LogP contribution in [0.1, 0.15) is 61.9 Å². The van der Waals surface area contributed by atoms with Crippen LogP contribution in [0.3, 0.4) is 0 Å². The molecule has 0 bridgehead atoms. The highest BCUT2D eigenvalue weighted by atomic mass is 16.3. The van der Waals surface area contributed by atoms with Crippen LogP contribution in [0.4, 0.5) is 11.5 Å². The number of aromatic nitrogens is 2. The number of hydrogen-bond acceptors (Lipinski definition) is 5. The number of aromatic amines is 1. The summed E-state index contributed by atoms with van der Waals surface area (Å²) in [5, 5.41) is 0. The van der Waals surface area contributed by atoms with E-state index in [9.17, 15) is 14.4 Å². The van der Waals surface area contributed by atoms with Crippen LogP contribution in [0.2, 0.25) is 0 Å². The molecule has 0 radical (unpaired) electrons. The van der Waals surface area contributed by atoms with Gasteiger partial charge in [0.2, 0.25) is 0 Å². The molecule has 0 unspecified atom stereocenters. The van der Waals surface area contributed by atoms with Gasteiger partial charge in [-0.3, -0.25) is 19.1 Å². The van der Waals surface area contributed by atoms with E-state index in [4.69, 9.17) is 10.2 Å². The summed E-state index contributed by atoms with van der Waals surface area (Å²) in [7, 11) is 0. The van der Waals surface area contributed by atoms with Gasteiger partial charge in [-0.05, 0) is 38.7 Å². The van der Waals surface area contributed by atoms with Crippen molar-refractivity contribution in [2.24, 2.45) is 5.92 Å². The zero-order valence-electron chi connectivity index (χ0n) is 17.3. The largest absolute Gasteiger partial charge is 0.466 e. The second kappa shape index (κ2) is 8.95. The smallest absolute Gasteiger partial charge is 0.330 e. The first-order valence-corrected chi connectivity index (χ1v) is 9.68. The number of nitrogens with one attached hydrogen (secondary N) is 1. The number of anilines is 2. The van der Waals surface area contributed by atoms with Crippen LogP contribution >= 0.6 is 0 Å². The molecule has 8 heteroatoms.